The van der Waals surface area contributed by atoms with Gasteiger partial charge in [0.2, 0.25) is 0 Å². The monoisotopic (exact) mass is 211 g/mol. The number of carboxylic acid groups (broad SMARTS) is 1. The van der Waals surface area contributed by atoms with Gasteiger partial charge in [0.15, 0.2) is 0 Å². The van der Waals surface area contributed by atoms with Gasteiger partial charge in [-0.15, -0.1) is 0 Å². The van der Waals surface area contributed by atoms with Crippen LogP contribution in [-0.2, 0) is 9.36 Å². The van der Waals surface area contributed by atoms with Crippen molar-refractivity contribution in [1.29, 1.82) is 0 Å². The number of hydrogen-bond acceptors (Lipinski definition) is 4. The molecule has 1 unspecified atom stereocenters. The SMILES string of the molecule is CCC(=O)O.N.O=[PH]([O-])O.[K+]. The summed E-state index contributed by atoms with van der Waals surface area (Å²) in [5.74, 6) is -0.745. The number of carboxylic acids is 1. The average Bonchev–Trinajstić information content (AvgIpc) is 1.65. The molecule has 5 N–H and O–H groups in total. The zero-order valence-electron chi connectivity index (χ0n) is 6.53. The summed E-state index contributed by atoms with van der Waals surface area (Å²) in [4.78, 5) is 25.0. The summed E-state index contributed by atoms with van der Waals surface area (Å²) in [6.07, 6.45) is 0.222. The summed E-state index contributed by atoms with van der Waals surface area (Å²) in [5, 5.41) is 7.72. The normalized spacial score (nSPS) is 9.00. The van der Waals surface area contributed by atoms with E-state index in [1.165, 1.54) is 0 Å². The van der Waals surface area contributed by atoms with Gasteiger partial charge in [0, 0.05) is 6.42 Å². The molecule has 0 saturated carbocycles. The fraction of sp³-hybridized carbons (Fsp3) is 0.667. The third kappa shape index (κ3) is 92.1. The number of hydrogen-bond donors (Lipinski definition) is 3. The van der Waals surface area contributed by atoms with Crippen LogP contribution < -0.4 is 62.4 Å². The van der Waals surface area contributed by atoms with Crippen molar-refractivity contribution in [3.63, 3.8) is 0 Å². The van der Waals surface area contributed by atoms with Gasteiger partial charge in [-0.05, 0) is 0 Å². The average molecular weight is 211 g/mol. The molecule has 0 spiro atoms. The Morgan fingerprint density at radius 1 is 1.64 bits per heavy atom. The van der Waals surface area contributed by atoms with Crippen LogP contribution in [0.15, 0.2) is 0 Å². The summed E-state index contributed by atoms with van der Waals surface area (Å²) < 4.78 is 8.63. The molecule has 0 heterocycles. The maximum absolute atomic E-state index is 9.37. The first-order valence-corrected chi connectivity index (χ1v) is 3.38. The predicted octanol–water partition coefficient (Wildman–Crippen LogP) is -3.62. The minimum Gasteiger partial charge on any atom is -0.781 e. The van der Waals surface area contributed by atoms with E-state index in [-0.39, 0.29) is 64.0 Å². The maximum atomic E-state index is 9.37. The third-order valence-corrected chi connectivity index (χ3v) is 0.302. The van der Waals surface area contributed by atoms with Gasteiger partial charge in [-0.3, -0.25) is 4.79 Å². The van der Waals surface area contributed by atoms with Crippen molar-refractivity contribution in [3.8, 4) is 0 Å². The molecule has 0 aromatic heterocycles. The van der Waals surface area contributed by atoms with Crippen molar-refractivity contribution in [2.75, 3.05) is 0 Å². The van der Waals surface area contributed by atoms with Crippen LogP contribution in [-0.4, -0.2) is 16.0 Å². The molecule has 6 nitrogen and oxygen atoms in total. The van der Waals surface area contributed by atoms with Crippen molar-refractivity contribution >= 4 is 14.2 Å². The van der Waals surface area contributed by atoms with Crippen LogP contribution in [0.4, 0.5) is 0 Å². The Morgan fingerprint density at radius 2 is 1.73 bits per heavy atom. The van der Waals surface area contributed by atoms with Crippen molar-refractivity contribution < 1.29 is 75.6 Å². The molecule has 0 bridgehead atoms. The van der Waals surface area contributed by atoms with Crippen LogP contribution in [0.3, 0.4) is 0 Å². The molecule has 0 amide bonds. The van der Waals surface area contributed by atoms with E-state index < -0.39 is 14.2 Å². The minimum atomic E-state index is -3.38. The standard InChI is InChI=1S/C3H6O2.K.H3N.H3O3P/c1-2-3(4)5;;;1-4(2)3/h2H2,1H3,(H,4,5);;1H3;4H,(H2,1,2,3)/q;+1;;/p-1. The van der Waals surface area contributed by atoms with Gasteiger partial charge in [-0.25, -0.2) is 0 Å². The van der Waals surface area contributed by atoms with E-state index in [4.69, 9.17) is 19.5 Å². The Labute approximate surface area is 108 Å². The first-order chi connectivity index (χ1) is 4.00. The van der Waals surface area contributed by atoms with E-state index in [0.29, 0.717) is 0 Å². The molecule has 0 saturated heterocycles. The largest absolute Gasteiger partial charge is 1.00 e. The maximum Gasteiger partial charge on any atom is 1.00 e. The van der Waals surface area contributed by atoms with Gasteiger partial charge in [-0.1, -0.05) is 6.92 Å². The quantitative estimate of drug-likeness (QED) is 0.303. The van der Waals surface area contributed by atoms with Crippen LogP contribution in [0.2, 0.25) is 0 Å². The second-order valence-corrected chi connectivity index (χ2v) is 1.55. The van der Waals surface area contributed by atoms with Gasteiger partial charge in [0.1, 0.15) is 8.25 Å². The van der Waals surface area contributed by atoms with Crippen molar-refractivity contribution in [2.45, 2.75) is 13.3 Å². The van der Waals surface area contributed by atoms with Crippen LogP contribution >= 0.6 is 8.25 Å². The van der Waals surface area contributed by atoms with E-state index >= 15 is 0 Å². The Kier molecular flexibility index (Phi) is 35.9. The zero-order valence-corrected chi connectivity index (χ0v) is 10.7. The summed E-state index contributed by atoms with van der Waals surface area (Å²) in [7, 11) is -3.38. The predicted molar refractivity (Wildman–Crippen MR) is 34.2 cm³/mol. The van der Waals surface area contributed by atoms with Crippen LogP contribution in [0.5, 0.6) is 0 Å². The Bertz CT molecular complexity index is 106. The van der Waals surface area contributed by atoms with Crippen molar-refractivity contribution in [1.82, 2.24) is 6.15 Å². The van der Waals surface area contributed by atoms with Crippen LogP contribution in [0, 0.1) is 0 Å². The smallest absolute Gasteiger partial charge is 0.781 e. The van der Waals surface area contributed by atoms with E-state index in [9.17, 15) is 4.79 Å². The van der Waals surface area contributed by atoms with Crippen molar-refractivity contribution in [2.24, 2.45) is 0 Å². The molecule has 0 rings (SSSR count). The zero-order chi connectivity index (χ0) is 7.86. The molecule has 11 heavy (non-hydrogen) atoms. The summed E-state index contributed by atoms with van der Waals surface area (Å²) in [6, 6.07) is 0. The second kappa shape index (κ2) is 17.3. The number of aliphatic carboxylic acids is 1. The molecule has 0 fully saturated rings. The first kappa shape index (κ1) is 22.8. The molecule has 0 aliphatic rings. The molecule has 0 aliphatic heterocycles. The van der Waals surface area contributed by atoms with Gasteiger partial charge in [0.25, 0.3) is 0 Å². The molecule has 0 aromatic carbocycles. The van der Waals surface area contributed by atoms with Crippen LogP contribution in [0.25, 0.3) is 0 Å². The van der Waals surface area contributed by atoms with Crippen LogP contribution in [0.1, 0.15) is 13.3 Å². The topological polar surface area (TPSA) is 133 Å². The van der Waals surface area contributed by atoms with Gasteiger partial charge < -0.3 is 25.6 Å². The summed E-state index contributed by atoms with van der Waals surface area (Å²) in [6.45, 7) is 1.60. The Balaban J connectivity index is -0.0000000383. The van der Waals surface area contributed by atoms with Crippen molar-refractivity contribution in [3.05, 3.63) is 0 Å². The third-order valence-electron chi connectivity index (χ3n) is 0.302. The molecule has 1 atom stereocenters. The number of rotatable bonds is 1. The van der Waals surface area contributed by atoms with E-state index in [1.807, 2.05) is 0 Å². The van der Waals surface area contributed by atoms with Gasteiger partial charge >= 0.3 is 57.4 Å². The summed E-state index contributed by atoms with van der Waals surface area (Å²) in [5.41, 5.74) is 0. The Morgan fingerprint density at radius 3 is 1.73 bits per heavy atom. The molecular formula is C3H11KNO5P. The number of carbonyl (C=O) groups is 1. The second-order valence-electron chi connectivity index (χ2n) is 1.01. The molecule has 64 valence electrons. The van der Waals surface area contributed by atoms with Gasteiger partial charge in [0.05, 0.1) is 0 Å². The molecule has 0 aliphatic carbocycles. The Hall–Kier alpha value is 1.22. The minimum absolute atomic E-state index is 0. The van der Waals surface area contributed by atoms with E-state index in [1.54, 1.807) is 6.92 Å². The fourth-order valence-electron chi connectivity index (χ4n) is 0. The fourth-order valence-corrected chi connectivity index (χ4v) is 0. The molecule has 0 radical (unpaired) electrons. The van der Waals surface area contributed by atoms with E-state index in [0.717, 1.165) is 0 Å². The molecule has 0 aromatic rings. The molecule has 8 heteroatoms. The summed E-state index contributed by atoms with van der Waals surface area (Å²) >= 11 is 0. The molecular weight excluding hydrogens is 200 g/mol. The van der Waals surface area contributed by atoms with E-state index in [2.05, 4.69) is 0 Å². The van der Waals surface area contributed by atoms with Gasteiger partial charge in [-0.2, -0.15) is 0 Å². The first-order valence-electron chi connectivity index (χ1n) is 2.12.